The number of ether oxygens (including phenoxy) is 1. The number of carbonyl (C=O) groups is 1. The van der Waals surface area contributed by atoms with E-state index in [1.165, 1.54) is 6.33 Å². The zero-order valence-electron chi connectivity index (χ0n) is 8.99. The van der Waals surface area contributed by atoms with Gasteiger partial charge in [0.15, 0.2) is 5.69 Å². The Hall–Kier alpha value is -2.37. The van der Waals surface area contributed by atoms with Crippen molar-refractivity contribution < 1.29 is 14.6 Å². The summed E-state index contributed by atoms with van der Waals surface area (Å²) in [7, 11) is 0. The van der Waals surface area contributed by atoms with E-state index < -0.39 is 5.97 Å². The summed E-state index contributed by atoms with van der Waals surface area (Å²) in [6.45, 7) is 1.79. The number of aromatic nitrogens is 3. The average molecular weight is 231 g/mol. The van der Waals surface area contributed by atoms with E-state index in [1.807, 2.05) is 0 Å². The Morgan fingerprint density at radius 1 is 1.59 bits per heavy atom. The first-order valence-electron chi connectivity index (χ1n) is 5.10. The summed E-state index contributed by atoms with van der Waals surface area (Å²) in [5.41, 5.74) is 1.27. The number of nitrogens with zero attached hydrogens (tertiary/aromatic N) is 3. The minimum absolute atomic E-state index is 0.0204. The van der Waals surface area contributed by atoms with Crippen LogP contribution in [0.5, 0.6) is 5.75 Å². The number of imidazole rings is 1. The Balaban J connectivity index is 2.27. The van der Waals surface area contributed by atoms with Crippen LogP contribution in [0.2, 0.25) is 0 Å². The molecule has 0 spiro atoms. The van der Waals surface area contributed by atoms with Gasteiger partial charge in [-0.1, -0.05) is 0 Å². The molecule has 3 rings (SSSR count). The fourth-order valence-electron chi connectivity index (χ4n) is 2.00. The van der Waals surface area contributed by atoms with Crippen LogP contribution in [-0.2, 0) is 0 Å². The lowest BCUT2D eigenvalue weighted by Gasteiger charge is -2.25. The van der Waals surface area contributed by atoms with Gasteiger partial charge >= 0.3 is 5.97 Å². The molecule has 0 aromatic carbocycles. The molecule has 0 amide bonds. The second kappa shape index (κ2) is 3.31. The van der Waals surface area contributed by atoms with Crippen molar-refractivity contribution in [2.45, 2.75) is 13.0 Å². The van der Waals surface area contributed by atoms with E-state index in [1.54, 1.807) is 30.0 Å². The van der Waals surface area contributed by atoms with E-state index >= 15 is 0 Å². The summed E-state index contributed by atoms with van der Waals surface area (Å²) < 4.78 is 7.35. The second-order valence-corrected chi connectivity index (χ2v) is 3.76. The van der Waals surface area contributed by atoms with Crippen molar-refractivity contribution in [3.05, 3.63) is 36.2 Å². The molecule has 86 valence electrons. The molecular formula is C11H9N3O3. The fraction of sp³-hybridized carbons (Fsp3) is 0.182. The molecule has 1 aliphatic heterocycles. The maximum Gasteiger partial charge on any atom is 0.356 e. The number of hydrogen-bond acceptors (Lipinski definition) is 4. The number of pyridine rings is 1. The van der Waals surface area contributed by atoms with Crippen LogP contribution >= 0.6 is 0 Å². The van der Waals surface area contributed by atoms with Gasteiger partial charge in [0, 0.05) is 12.3 Å². The van der Waals surface area contributed by atoms with Gasteiger partial charge in [-0.15, -0.1) is 0 Å². The lowest BCUT2D eigenvalue weighted by atomic mass is 10.2. The third kappa shape index (κ3) is 1.30. The molecule has 3 heterocycles. The van der Waals surface area contributed by atoms with Crippen LogP contribution in [-0.4, -0.2) is 25.6 Å². The predicted molar refractivity (Wildman–Crippen MR) is 57.4 cm³/mol. The van der Waals surface area contributed by atoms with E-state index in [2.05, 4.69) is 9.97 Å². The summed E-state index contributed by atoms with van der Waals surface area (Å²) in [5.74, 6) is -0.379. The van der Waals surface area contributed by atoms with Crippen molar-refractivity contribution in [2.24, 2.45) is 0 Å². The van der Waals surface area contributed by atoms with Crippen molar-refractivity contribution in [3.8, 4) is 11.4 Å². The first kappa shape index (κ1) is 9.83. The molecule has 1 N–H and O–H groups in total. The van der Waals surface area contributed by atoms with Gasteiger partial charge in [-0.3, -0.25) is 9.55 Å². The highest BCUT2D eigenvalue weighted by Crippen LogP contribution is 2.35. The van der Waals surface area contributed by atoms with E-state index in [4.69, 9.17) is 9.84 Å². The van der Waals surface area contributed by atoms with Gasteiger partial charge < -0.3 is 9.84 Å². The molecule has 1 aliphatic rings. The van der Waals surface area contributed by atoms with Gasteiger partial charge in [0.1, 0.15) is 23.9 Å². The van der Waals surface area contributed by atoms with Crippen LogP contribution < -0.4 is 4.74 Å². The van der Waals surface area contributed by atoms with Crippen molar-refractivity contribution in [2.75, 3.05) is 0 Å². The molecule has 1 unspecified atom stereocenters. The molecule has 6 nitrogen and oxygen atoms in total. The normalized spacial score (nSPS) is 16.9. The van der Waals surface area contributed by atoms with Crippen LogP contribution in [0, 0.1) is 0 Å². The van der Waals surface area contributed by atoms with Crippen molar-refractivity contribution in [1.29, 1.82) is 0 Å². The third-order valence-electron chi connectivity index (χ3n) is 2.72. The third-order valence-corrected chi connectivity index (χ3v) is 2.72. The summed E-state index contributed by atoms with van der Waals surface area (Å²) in [5, 5.41) is 9.05. The highest BCUT2D eigenvalue weighted by Gasteiger charge is 2.29. The molecule has 0 fully saturated rings. The lowest BCUT2D eigenvalue weighted by Crippen LogP contribution is -2.19. The Bertz CT molecular complexity index is 606. The van der Waals surface area contributed by atoms with Gasteiger partial charge in [-0.2, -0.15) is 0 Å². The SMILES string of the molecule is CC1Oc2ccncc2-n2cnc(C(=O)O)c21. The maximum atomic E-state index is 11.0. The standard InChI is InChI=1S/C11H9N3O3/c1-6-10-9(11(15)16)13-5-14(10)7-4-12-3-2-8(7)17-6/h2-6H,1H3,(H,15,16). The molecule has 0 aliphatic carbocycles. The first-order valence-corrected chi connectivity index (χ1v) is 5.10. The quantitative estimate of drug-likeness (QED) is 0.803. The molecule has 2 aromatic rings. The summed E-state index contributed by atoms with van der Waals surface area (Å²) in [6.07, 6.45) is 4.39. The number of aromatic carboxylic acids is 1. The minimum atomic E-state index is -1.05. The molecule has 0 radical (unpaired) electrons. The van der Waals surface area contributed by atoms with E-state index in [0.29, 0.717) is 17.1 Å². The summed E-state index contributed by atoms with van der Waals surface area (Å²) in [4.78, 5) is 18.9. The lowest BCUT2D eigenvalue weighted by molar-refractivity contribution is 0.0684. The van der Waals surface area contributed by atoms with Crippen LogP contribution in [0.25, 0.3) is 5.69 Å². The average Bonchev–Trinajstić information content (AvgIpc) is 2.74. The number of carboxylic acid groups (broad SMARTS) is 1. The van der Waals surface area contributed by atoms with Crippen molar-refractivity contribution in [3.63, 3.8) is 0 Å². The molecule has 6 heteroatoms. The topological polar surface area (TPSA) is 77.2 Å². The first-order chi connectivity index (χ1) is 8.18. The zero-order chi connectivity index (χ0) is 12.0. The molecule has 2 aromatic heterocycles. The highest BCUT2D eigenvalue weighted by atomic mass is 16.5. The second-order valence-electron chi connectivity index (χ2n) is 3.76. The number of fused-ring (bicyclic) bond motifs is 3. The molecular weight excluding hydrogens is 222 g/mol. The largest absolute Gasteiger partial charge is 0.482 e. The summed E-state index contributed by atoms with van der Waals surface area (Å²) in [6, 6.07) is 1.75. The van der Waals surface area contributed by atoms with Crippen molar-refractivity contribution in [1.82, 2.24) is 14.5 Å². The number of hydrogen-bond donors (Lipinski definition) is 1. The van der Waals surface area contributed by atoms with Gasteiger partial charge in [-0.05, 0) is 6.92 Å². The predicted octanol–water partition coefficient (Wildman–Crippen LogP) is 1.42. The summed E-state index contributed by atoms with van der Waals surface area (Å²) >= 11 is 0. The molecule has 0 saturated carbocycles. The van der Waals surface area contributed by atoms with Gasteiger partial charge in [0.25, 0.3) is 0 Å². The van der Waals surface area contributed by atoms with Crippen LogP contribution in [0.3, 0.4) is 0 Å². The van der Waals surface area contributed by atoms with Gasteiger partial charge in [0.05, 0.1) is 11.9 Å². The molecule has 1 atom stereocenters. The molecule has 0 bridgehead atoms. The van der Waals surface area contributed by atoms with E-state index in [0.717, 1.165) is 0 Å². The zero-order valence-corrected chi connectivity index (χ0v) is 8.99. The van der Waals surface area contributed by atoms with Crippen LogP contribution in [0.15, 0.2) is 24.8 Å². The molecule has 17 heavy (non-hydrogen) atoms. The monoisotopic (exact) mass is 231 g/mol. The Morgan fingerprint density at radius 3 is 3.18 bits per heavy atom. The number of carboxylic acids is 1. The number of rotatable bonds is 1. The van der Waals surface area contributed by atoms with E-state index in [-0.39, 0.29) is 11.8 Å². The highest BCUT2D eigenvalue weighted by molar-refractivity contribution is 5.87. The smallest absolute Gasteiger partial charge is 0.356 e. The van der Waals surface area contributed by atoms with Gasteiger partial charge in [0.2, 0.25) is 0 Å². The Labute approximate surface area is 96.5 Å². The Morgan fingerprint density at radius 2 is 2.41 bits per heavy atom. The van der Waals surface area contributed by atoms with Gasteiger partial charge in [-0.25, -0.2) is 9.78 Å². The Kier molecular flexibility index (Phi) is 1.91. The van der Waals surface area contributed by atoms with Crippen LogP contribution in [0.1, 0.15) is 29.2 Å². The van der Waals surface area contributed by atoms with E-state index in [9.17, 15) is 4.79 Å². The van der Waals surface area contributed by atoms with Crippen LogP contribution in [0.4, 0.5) is 0 Å². The van der Waals surface area contributed by atoms with Crippen molar-refractivity contribution >= 4 is 5.97 Å². The maximum absolute atomic E-state index is 11.0. The molecule has 0 saturated heterocycles. The fourth-order valence-corrected chi connectivity index (χ4v) is 2.00. The minimum Gasteiger partial charge on any atom is -0.482 e.